The molecule has 2 heterocycles. The molecule has 0 spiro atoms. The summed E-state index contributed by atoms with van der Waals surface area (Å²) >= 11 is 0. The van der Waals surface area contributed by atoms with Crippen LogP contribution < -0.4 is 5.73 Å². The number of nitrogens with two attached hydrogens (primary N) is 1. The second kappa shape index (κ2) is 4.52. The van der Waals surface area contributed by atoms with Crippen LogP contribution in [0.15, 0.2) is 0 Å². The Kier molecular flexibility index (Phi) is 3.10. The molecule has 5 nitrogen and oxygen atoms in total. The van der Waals surface area contributed by atoms with Gasteiger partial charge in [0, 0.05) is 19.5 Å². The molecule has 0 amide bonds. The average molecular weight is 196 g/mol. The zero-order chi connectivity index (χ0) is 9.80. The highest BCUT2D eigenvalue weighted by Crippen LogP contribution is 2.14. The quantitative estimate of drug-likeness (QED) is 0.693. The number of hydrogen-bond donors (Lipinski definition) is 1. The summed E-state index contributed by atoms with van der Waals surface area (Å²) < 4.78 is 7.51. The lowest BCUT2D eigenvalue weighted by molar-refractivity contribution is 0.119. The first-order chi connectivity index (χ1) is 6.92. The van der Waals surface area contributed by atoms with E-state index in [4.69, 9.17) is 10.5 Å². The fourth-order valence-corrected chi connectivity index (χ4v) is 1.72. The van der Waals surface area contributed by atoms with E-state index in [-0.39, 0.29) is 0 Å². The highest BCUT2D eigenvalue weighted by atomic mass is 16.5. The van der Waals surface area contributed by atoms with Crippen LogP contribution in [0.5, 0.6) is 0 Å². The maximum atomic E-state index is 5.34. The Labute approximate surface area is 83.3 Å². The first-order valence-corrected chi connectivity index (χ1v) is 5.10. The molecule has 1 aromatic rings. The van der Waals surface area contributed by atoms with Gasteiger partial charge >= 0.3 is 0 Å². The van der Waals surface area contributed by atoms with Crippen molar-refractivity contribution in [3.8, 4) is 0 Å². The number of ether oxygens (including phenoxy) is 1. The van der Waals surface area contributed by atoms with Crippen LogP contribution in [-0.2, 0) is 24.3 Å². The zero-order valence-corrected chi connectivity index (χ0v) is 8.28. The molecule has 2 N–H and O–H groups in total. The molecule has 78 valence electrons. The van der Waals surface area contributed by atoms with Crippen LogP contribution in [0.2, 0.25) is 0 Å². The number of aryl methyl sites for hydroxylation is 1. The molecule has 5 heteroatoms. The first kappa shape index (κ1) is 9.61. The molecule has 0 bridgehead atoms. The summed E-state index contributed by atoms with van der Waals surface area (Å²) in [4.78, 5) is 0. The summed E-state index contributed by atoms with van der Waals surface area (Å²) in [6, 6.07) is 0. The highest BCUT2D eigenvalue weighted by Gasteiger charge is 2.14. The van der Waals surface area contributed by atoms with Crippen molar-refractivity contribution in [2.75, 3.05) is 13.2 Å². The van der Waals surface area contributed by atoms with Crippen LogP contribution in [0.1, 0.15) is 24.5 Å². The molecular weight excluding hydrogens is 180 g/mol. The predicted molar refractivity (Wildman–Crippen MR) is 51.7 cm³/mol. The molecule has 0 saturated heterocycles. The molecule has 0 unspecified atom stereocenters. The molecule has 0 aromatic carbocycles. The minimum Gasteiger partial charge on any atom is -0.372 e. The van der Waals surface area contributed by atoms with Crippen molar-refractivity contribution in [2.24, 2.45) is 5.73 Å². The molecule has 0 aliphatic carbocycles. The number of rotatable bonds is 4. The monoisotopic (exact) mass is 196 g/mol. The smallest absolute Gasteiger partial charge is 0.159 e. The molecule has 1 aromatic heterocycles. The molecule has 0 saturated carbocycles. The van der Waals surface area contributed by atoms with Gasteiger partial charge in [0.15, 0.2) is 5.82 Å². The van der Waals surface area contributed by atoms with Crippen molar-refractivity contribution in [2.45, 2.75) is 32.4 Å². The summed E-state index contributed by atoms with van der Waals surface area (Å²) in [5, 5.41) is 8.25. The topological polar surface area (TPSA) is 66.0 Å². The van der Waals surface area contributed by atoms with Crippen LogP contribution in [0, 0.1) is 0 Å². The van der Waals surface area contributed by atoms with Gasteiger partial charge in [-0.15, -0.1) is 10.2 Å². The van der Waals surface area contributed by atoms with Gasteiger partial charge in [-0.05, 0) is 12.8 Å². The lowest BCUT2D eigenvalue weighted by atomic mass is 10.2. The van der Waals surface area contributed by atoms with Crippen molar-refractivity contribution >= 4 is 0 Å². The second-order valence-electron chi connectivity index (χ2n) is 3.48. The van der Waals surface area contributed by atoms with Gasteiger partial charge in [0.2, 0.25) is 0 Å². The van der Waals surface area contributed by atoms with E-state index in [2.05, 4.69) is 14.8 Å². The van der Waals surface area contributed by atoms with E-state index in [0.29, 0.717) is 19.8 Å². The molecule has 1 aliphatic rings. The van der Waals surface area contributed by atoms with E-state index in [1.807, 2.05) is 0 Å². The van der Waals surface area contributed by atoms with Crippen molar-refractivity contribution in [3.05, 3.63) is 11.6 Å². The molecule has 0 radical (unpaired) electrons. The van der Waals surface area contributed by atoms with Gasteiger partial charge in [0.1, 0.15) is 12.4 Å². The van der Waals surface area contributed by atoms with Crippen LogP contribution in [0.25, 0.3) is 0 Å². The molecular formula is C9H16N4O. The van der Waals surface area contributed by atoms with E-state index in [9.17, 15) is 0 Å². The van der Waals surface area contributed by atoms with Gasteiger partial charge in [0.05, 0.1) is 6.61 Å². The van der Waals surface area contributed by atoms with Gasteiger partial charge in [-0.3, -0.25) is 0 Å². The maximum absolute atomic E-state index is 5.34. The van der Waals surface area contributed by atoms with E-state index in [1.165, 1.54) is 12.8 Å². The Hall–Kier alpha value is -0.940. The van der Waals surface area contributed by atoms with Crippen LogP contribution in [0.3, 0.4) is 0 Å². The average Bonchev–Trinajstić information content (AvgIpc) is 2.63. The number of hydrogen-bond acceptors (Lipinski definition) is 4. The second-order valence-corrected chi connectivity index (χ2v) is 3.48. The fraction of sp³-hybridized carbons (Fsp3) is 0.778. The third kappa shape index (κ3) is 1.93. The Morgan fingerprint density at radius 2 is 2.29 bits per heavy atom. The summed E-state index contributed by atoms with van der Waals surface area (Å²) in [5.41, 5.74) is 5.34. The van der Waals surface area contributed by atoms with Gasteiger partial charge in [0.25, 0.3) is 0 Å². The summed E-state index contributed by atoms with van der Waals surface area (Å²) in [6.45, 7) is 2.71. The van der Waals surface area contributed by atoms with Gasteiger partial charge in [-0.2, -0.15) is 0 Å². The molecule has 1 aliphatic heterocycles. The number of aromatic nitrogens is 3. The Bertz CT molecular complexity index is 297. The van der Waals surface area contributed by atoms with E-state index in [1.54, 1.807) is 0 Å². The summed E-state index contributed by atoms with van der Waals surface area (Å²) in [5.74, 6) is 2.04. The third-order valence-corrected chi connectivity index (χ3v) is 2.43. The SMILES string of the molecule is NCCOCc1nnc2n1CCCC2. The van der Waals surface area contributed by atoms with Crippen LogP contribution in [-0.4, -0.2) is 27.9 Å². The van der Waals surface area contributed by atoms with Crippen molar-refractivity contribution in [1.29, 1.82) is 0 Å². The normalized spacial score (nSPS) is 15.5. The van der Waals surface area contributed by atoms with Crippen molar-refractivity contribution < 1.29 is 4.74 Å². The summed E-state index contributed by atoms with van der Waals surface area (Å²) in [6.07, 6.45) is 3.49. The molecule has 2 rings (SSSR count). The number of fused-ring (bicyclic) bond motifs is 1. The minimum atomic E-state index is 0.532. The Balaban J connectivity index is 1.99. The Morgan fingerprint density at radius 1 is 1.36 bits per heavy atom. The van der Waals surface area contributed by atoms with E-state index < -0.39 is 0 Å². The van der Waals surface area contributed by atoms with Crippen molar-refractivity contribution in [1.82, 2.24) is 14.8 Å². The minimum absolute atomic E-state index is 0.532. The number of nitrogens with zero attached hydrogens (tertiary/aromatic N) is 3. The highest BCUT2D eigenvalue weighted by molar-refractivity contribution is 4.97. The lowest BCUT2D eigenvalue weighted by Crippen LogP contribution is -2.15. The molecule has 14 heavy (non-hydrogen) atoms. The summed E-state index contributed by atoms with van der Waals surface area (Å²) in [7, 11) is 0. The van der Waals surface area contributed by atoms with Crippen LogP contribution >= 0.6 is 0 Å². The van der Waals surface area contributed by atoms with Gasteiger partial charge in [-0.1, -0.05) is 0 Å². The largest absolute Gasteiger partial charge is 0.372 e. The van der Waals surface area contributed by atoms with Crippen molar-refractivity contribution in [3.63, 3.8) is 0 Å². The maximum Gasteiger partial charge on any atom is 0.159 e. The standard InChI is InChI=1S/C9H16N4O/c10-4-6-14-7-9-12-11-8-3-1-2-5-13(8)9/h1-7,10H2. The van der Waals surface area contributed by atoms with E-state index >= 15 is 0 Å². The molecule has 0 fully saturated rings. The Morgan fingerprint density at radius 3 is 3.14 bits per heavy atom. The van der Waals surface area contributed by atoms with E-state index in [0.717, 1.165) is 24.6 Å². The molecule has 0 atom stereocenters. The fourth-order valence-electron chi connectivity index (χ4n) is 1.72. The lowest BCUT2D eigenvalue weighted by Gasteiger charge is -2.14. The zero-order valence-electron chi connectivity index (χ0n) is 8.28. The van der Waals surface area contributed by atoms with Crippen LogP contribution in [0.4, 0.5) is 0 Å². The first-order valence-electron chi connectivity index (χ1n) is 5.10. The van der Waals surface area contributed by atoms with Gasteiger partial charge < -0.3 is 15.0 Å². The van der Waals surface area contributed by atoms with Gasteiger partial charge in [-0.25, -0.2) is 0 Å². The predicted octanol–water partition coefficient (Wildman–Crippen LogP) is 0.0897. The third-order valence-electron chi connectivity index (χ3n) is 2.43.